The van der Waals surface area contributed by atoms with Gasteiger partial charge in [0, 0.05) is 10.6 Å². The molecule has 1 rings (SSSR count). The van der Waals surface area contributed by atoms with Gasteiger partial charge in [-0.25, -0.2) is 0 Å². The molecule has 4 heteroatoms. The van der Waals surface area contributed by atoms with Gasteiger partial charge < -0.3 is 0 Å². The molecule has 78 valence electrons. The Hall–Kier alpha value is -0.670. The van der Waals surface area contributed by atoms with Crippen molar-refractivity contribution in [1.82, 2.24) is 0 Å². The molecule has 0 radical (unpaired) electrons. The number of benzene rings is 1. The minimum atomic E-state index is -2.28. The van der Waals surface area contributed by atoms with Crippen molar-refractivity contribution >= 4 is 27.3 Å². The van der Waals surface area contributed by atoms with E-state index >= 15 is 0 Å². The highest BCUT2D eigenvalue weighted by molar-refractivity contribution is 8.02. The zero-order valence-corrected chi connectivity index (χ0v) is 9.81. The Balaban J connectivity index is 2.81. The summed E-state index contributed by atoms with van der Waals surface area (Å²) < 4.78 is 11.4. The number of rotatable bonds is 3. The summed E-state index contributed by atoms with van der Waals surface area (Å²) in [6.07, 6.45) is 3.22. The van der Waals surface area contributed by atoms with Gasteiger partial charge in [0.05, 0.1) is 5.75 Å². The van der Waals surface area contributed by atoms with Gasteiger partial charge in [-0.3, -0.25) is 9.00 Å². The van der Waals surface area contributed by atoms with Crippen LogP contribution < -0.4 is 0 Å². The highest BCUT2D eigenvalue weighted by atomic mass is 35.5. The quantitative estimate of drug-likeness (QED) is 0.637. The van der Waals surface area contributed by atoms with Crippen LogP contribution in [0.15, 0.2) is 24.3 Å². The van der Waals surface area contributed by atoms with Crippen LogP contribution in [0.3, 0.4) is 0 Å². The summed E-state index contributed by atoms with van der Waals surface area (Å²) in [5, 5.41) is 0.595. The Morgan fingerprint density at radius 1 is 1.29 bits per heavy atom. The summed E-state index contributed by atoms with van der Waals surface area (Å²) in [4.78, 5) is 11.6. The first-order valence-electron chi connectivity index (χ1n) is 4.21. The van der Waals surface area contributed by atoms with Crippen molar-refractivity contribution < 1.29 is 9.00 Å². The van der Waals surface area contributed by atoms with E-state index in [0.717, 1.165) is 0 Å². The molecular formula is C10H13ClO2S. The first-order chi connectivity index (χ1) is 6.38. The molecule has 0 aliphatic rings. The van der Waals surface area contributed by atoms with E-state index in [1.54, 1.807) is 36.8 Å². The topological polar surface area (TPSA) is 34.1 Å². The van der Waals surface area contributed by atoms with Crippen molar-refractivity contribution in [1.29, 1.82) is 0 Å². The van der Waals surface area contributed by atoms with E-state index in [-0.39, 0.29) is 11.5 Å². The summed E-state index contributed by atoms with van der Waals surface area (Å²) in [6, 6.07) is 6.62. The van der Waals surface area contributed by atoms with Crippen LogP contribution in [0.4, 0.5) is 0 Å². The van der Waals surface area contributed by atoms with Crippen molar-refractivity contribution in [2.75, 3.05) is 18.3 Å². The molecule has 0 bridgehead atoms. The second kappa shape index (κ2) is 4.24. The third-order valence-corrected chi connectivity index (χ3v) is 2.99. The second-order valence-electron chi connectivity index (χ2n) is 3.66. The summed E-state index contributed by atoms with van der Waals surface area (Å²) >= 11 is 5.68. The van der Waals surface area contributed by atoms with E-state index in [9.17, 15) is 9.00 Å². The normalized spacial score (nSPS) is 12.5. The van der Waals surface area contributed by atoms with Crippen LogP contribution in [-0.4, -0.2) is 28.3 Å². The molecule has 0 aliphatic carbocycles. The van der Waals surface area contributed by atoms with Crippen LogP contribution in [0.25, 0.3) is 0 Å². The maximum atomic E-state index is 11.6. The molecule has 0 atom stereocenters. The molecule has 0 saturated carbocycles. The molecule has 0 amide bonds. The molecule has 0 fully saturated rings. The van der Waals surface area contributed by atoms with Crippen LogP contribution in [0.2, 0.25) is 5.02 Å². The number of Topliss-reactive ketones (excluding diaryl/α,β-unsaturated/α-hetero) is 1. The summed E-state index contributed by atoms with van der Waals surface area (Å²) in [5.74, 6) is 0.0317. The van der Waals surface area contributed by atoms with Gasteiger partial charge in [0.15, 0.2) is 5.78 Å². The lowest BCUT2D eigenvalue weighted by Gasteiger charge is -2.10. The SMILES string of the molecule is C[SH](C)(=O)CC(=O)c1ccc(Cl)cc1. The molecule has 0 spiro atoms. The van der Waals surface area contributed by atoms with E-state index in [0.29, 0.717) is 10.6 Å². The lowest BCUT2D eigenvalue weighted by Crippen LogP contribution is -2.20. The lowest BCUT2D eigenvalue weighted by molar-refractivity contribution is 0.102. The summed E-state index contributed by atoms with van der Waals surface area (Å²) in [5.41, 5.74) is 0.568. The fraction of sp³-hybridized carbons (Fsp3) is 0.300. The van der Waals surface area contributed by atoms with E-state index in [1.807, 2.05) is 0 Å². The first kappa shape index (κ1) is 11.4. The van der Waals surface area contributed by atoms with Crippen molar-refractivity contribution in [2.24, 2.45) is 0 Å². The Bertz CT molecular complexity index is 378. The Labute approximate surface area is 89.7 Å². The fourth-order valence-corrected chi connectivity index (χ4v) is 2.07. The number of carbonyl (C=O) groups is 1. The summed E-state index contributed by atoms with van der Waals surface area (Å²) in [6.45, 7) is 0. The molecule has 0 saturated heterocycles. The summed E-state index contributed by atoms with van der Waals surface area (Å²) in [7, 11) is -2.28. The standard InChI is InChI=1S/C10H13ClO2S/c1-14(2,13)7-10(12)8-3-5-9(11)6-4-8/h3-6,14H,7H2,1-2H3. The van der Waals surface area contributed by atoms with Crippen molar-refractivity contribution in [3.05, 3.63) is 34.9 Å². The molecule has 0 N–H and O–H groups in total. The fourth-order valence-electron chi connectivity index (χ4n) is 1.07. The van der Waals surface area contributed by atoms with Gasteiger partial charge in [-0.2, -0.15) is 0 Å². The number of hydrogen-bond donors (Lipinski definition) is 1. The number of ketones is 1. The van der Waals surface area contributed by atoms with Gasteiger partial charge in [0.25, 0.3) is 0 Å². The average molecular weight is 233 g/mol. The smallest absolute Gasteiger partial charge is 0.173 e. The van der Waals surface area contributed by atoms with Crippen LogP contribution in [0.5, 0.6) is 0 Å². The van der Waals surface area contributed by atoms with Crippen LogP contribution >= 0.6 is 11.6 Å². The zero-order valence-electron chi connectivity index (χ0n) is 8.16. The molecule has 0 aromatic heterocycles. The van der Waals surface area contributed by atoms with Crippen molar-refractivity contribution in [3.63, 3.8) is 0 Å². The number of halogens is 1. The monoisotopic (exact) mass is 232 g/mol. The largest absolute Gasteiger partial charge is 0.293 e. The molecule has 0 unspecified atom stereocenters. The molecule has 0 heterocycles. The van der Waals surface area contributed by atoms with Gasteiger partial charge in [0.2, 0.25) is 0 Å². The Morgan fingerprint density at radius 2 is 1.79 bits per heavy atom. The van der Waals surface area contributed by atoms with E-state index in [1.165, 1.54) is 0 Å². The predicted molar refractivity (Wildman–Crippen MR) is 62.0 cm³/mol. The highest BCUT2D eigenvalue weighted by Crippen LogP contribution is 2.11. The van der Waals surface area contributed by atoms with E-state index in [4.69, 9.17) is 11.6 Å². The van der Waals surface area contributed by atoms with Gasteiger partial charge in [-0.15, -0.1) is 9.93 Å². The molecule has 0 aliphatic heterocycles. The van der Waals surface area contributed by atoms with Gasteiger partial charge >= 0.3 is 0 Å². The maximum Gasteiger partial charge on any atom is 0.173 e. The Kier molecular flexibility index (Phi) is 3.45. The van der Waals surface area contributed by atoms with E-state index < -0.39 is 9.93 Å². The molecule has 1 aromatic rings. The minimum absolute atomic E-state index is 0.0880. The van der Waals surface area contributed by atoms with Crippen molar-refractivity contribution in [2.45, 2.75) is 0 Å². The second-order valence-corrected chi connectivity index (χ2v) is 7.56. The number of hydrogen-bond acceptors (Lipinski definition) is 2. The average Bonchev–Trinajstić information content (AvgIpc) is 2.02. The number of carbonyl (C=O) groups excluding carboxylic acids is 1. The molecular weight excluding hydrogens is 220 g/mol. The van der Waals surface area contributed by atoms with Gasteiger partial charge in [-0.05, 0) is 36.8 Å². The molecule has 2 nitrogen and oxygen atoms in total. The lowest BCUT2D eigenvalue weighted by atomic mass is 10.1. The van der Waals surface area contributed by atoms with Gasteiger partial charge in [0.1, 0.15) is 0 Å². The Morgan fingerprint density at radius 3 is 2.21 bits per heavy atom. The zero-order chi connectivity index (χ0) is 10.8. The minimum Gasteiger partial charge on any atom is -0.293 e. The van der Waals surface area contributed by atoms with E-state index in [2.05, 4.69) is 0 Å². The van der Waals surface area contributed by atoms with Crippen LogP contribution in [0.1, 0.15) is 10.4 Å². The molecule has 1 aromatic carbocycles. The first-order valence-corrected chi connectivity index (χ1v) is 7.38. The van der Waals surface area contributed by atoms with Gasteiger partial charge in [-0.1, -0.05) is 11.6 Å². The highest BCUT2D eigenvalue weighted by Gasteiger charge is 2.11. The predicted octanol–water partition coefficient (Wildman–Crippen LogP) is 1.80. The third kappa shape index (κ3) is 3.60. The molecule has 14 heavy (non-hydrogen) atoms. The van der Waals surface area contributed by atoms with Crippen LogP contribution in [-0.2, 0) is 9.93 Å². The maximum absolute atomic E-state index is 11.6. The number of thiol groups is 1. The third-order valence-electron chi connectivity index (χ3n) is 1.69. The van der Waals surface area contributed by atoms with Crippen LogP contribution in [0, 0.1) is 0 Å². The van der Waals surface area contributed by atoms with Crippen molar-refractivity contribution in [3.8, 4) is 0 Å².